The lowest BCUT2D eigenvalue weighted by molar-refractivity contribution is -0.123. The normalized spacial score (nSPS) is 18.7. The van der Waals surface area contributed by atoms with Gasteiger partial charge in [-0.15, -0.1) is 13.2 Å². The molecule has 0 amide bonds. The van der Waals surface area contributed by atoms with Crippen LogP contribution in [0.25, 0.3) is 0 Å². The second kappa shape index (κ2) is 16.7. The Balaban J connectivity index is 0.000000574. The van der Waals surface area contributed by atoms with Crippen molar-refractivity contribution < 1.29 is 14.3 Å². The Kier molecular flexibility index (Phi) is 15.8. The molecule has 2 unspecified atom stereocenters. The molecule has 0 saturated heterocycles. The number of rotatable bonds is 8. The van der Waals surface area contributed by atoms with Crippen LogP contribution in [0.1, 0.15) is 75.7 Å². The van der Waals surface area contributed by atoms with Crippen LogP contribution in [0.5, 0.6) is 0 Å². The molecule has 0 bridgehead atoms. The minimum atomic E-state index is -0.0370. The van der Waals surface area contributed by atoms with Gasteiger partial charge in [0.15, 0.2) is 6.29 Å². The van der Waals surface area contributed by atoms with Crippen LogP contribution in [0, 0.1) is 11.8 Å². The molecule has 0 aromatic heterocycles. The van der Waals surface area contributed by atoms with Gasteiger partial charge in [-0.1, -0.05) is 50.8 Å². The number of benzene rings is 1. The van der Waals surface area contributed by atoms with Gasteiger partial charge >= 0.3 is 0 Å². The van der Waals surface area contributed by atoms with Crippen LogP contribution in [0.3, 0.4) is 0 Å². The quantitative estimate of drug-likeness (QED) is 0.296. The van der Waals surface area contributed by atoms with Crippen LogP contribution in [-0.4, -0.2) is 25.8 Å². The van der Waals surface area contributed by atoms with Crippen LogP contribution < -0.4 is 0 Å². The molecule has 1 aliphatic carbocycles. The maximum absolute atomic E-state index is 10.8. The van der Waals surface area contributed by atoms with Crippen LogP contribution in [-0.2, 0) is 15.9 Å². The zero-order valence-corrected chi connectivity index (χ0v) is 17.9. The highest BCUT2D eigenvalue weighted by molar-refractivity contribution is 5.74. The van der Waals surface area contributed by atoms with E-state index in [2.05, 4.69) is 26.1 Å². The van der Waals surface area contributed by atoms with Crippen molar-refractivity contribution in [2.45, 2.75) is 72.5 Å². The maximum Gasteiger partial charge on any atom is 0.154 e. The van der Waals surface area contributed by atoms with Crippen molar-refractivity contribution in [2.24, 2.45) is 11.8 Å². The topological polar surface area (TPSA) is 35.5 Å². The first-order chi connectivity index (χ1) is 13.1. The van der Waals surface area contributed by atoms with Gasteiger partial charge in [-0.2, -0.15) is 0 Å². The molecule has 154 valence electrons. The lowest BCUT2D eigenvalue weighted by Crippen LogP contribution is -2.21. The zero-order valence-electron chi connectivity index (χ0n) is 17.9. The summed E-state index contributed by atoms with van der Waals surface area (Å²) >= 11 is 0. The predicted octanol–water partition coefficient (Wildman–Crippen LogP) is 6.47. The van der Waals surface area contributed by atoms with Gasteiger partial charge in [-0.25, -0.2) is 0 Å². The van der Waals surface area contributed by atoms with E-state index in [-0.39, 0.29) is 6.29 Å². The average Bonchev–Trinajstić information content (AvgIpc) is 2.71. The summed E-state index contributed by atoms with van der Waals surface area (Å²) < 4.78 is 10.1. The van der Waals surface area contributed by atoms with Crippen molar-refractivity contribution in [1.29, 1.82) is 0 Å². The van der Waals surface area contributed by atoms with Crippen molar-refractivity contribution in [3.8, 4) is 0 Å². The Morgan fingerprint density at radius 1 is 1.07 bits per heavy atom. The van der Waals surface area contributed by atoms with Gasteiger partial charge in [-0.05, 0) is 57.1 Å². The fraction of sp³-hybridized carbons (Fsp3) is 0.625. The van der Waals surface area contributed by atoms with Crippen LogP contribution in [0.4, 0.5) is 0 Å². The smallest absolute Gasteiger partial charge is 0.154 e. The molecule has 0 heterocycles. The zero-order chi connectivity index (χ0) is 20.5. The molecule has 1 aliphatic rings. The van der Waals surface area contributed by atoms with E-state index in [9.17, 15) is 4.79 Å². The molecule has 27 heavy (non-hydrogen) atoms. The van der Waals surface area contributed by atoms with Crippen molar-refractivity contribution in [1.82, 2.24) is 0 Å². The lowest BCUT2D eigenvalue weighted by Gasteiger charge is -2.31. The first-order valence-corrected chi connectivity index (χ1v) is 10.4. The molecular weight excluding hydrogens is 336 g/mol. The number of hydrogen-bond donors (Lipinski definition) is 0. The van der Waals surface area contributed by atoms with Crippen molar-refractivity contribution in [3.05, 3.63) is 48.6 Å². The molecule has 3 nitrogen and oxygen atoms in total. The molecule has 2 rings (SSSR count). The van der Waals surface area contributed by atoms with E-state index in [4.69, 9.17) is 9.47 Å². The third-order valence-corrected chi connectivity index (χ3v) is 4.98. The summed E-state index contributed by atoms with van der Waals surface area (Å²) in [5, 5.41) is 0. The van der Waals surface area contributed by atoms with E-state index >= 15 is 0 Å². The predicted molar refractivity (Wildman–Crippen MR) is 115 cm³/mol. The highest BCUT2D eigenvalue weighted by Gasteiger charge is 2.23. The minimum absolute atomic E-state index is 0.0370. The number of hydrogen-bond acceptors (Lipinski definition) is 3. The maximum atomic E-state index is 10.8. The van der Waals surface area contributed by atoms with Gasteiger partial charge in [0.25, 0.3) is 0 Å². The molecule has 3 heteroatoms. The fourth-order valence-electron chi connectivity index (χ4n) is 3.70. The highest BCUT2D eigenvalue weighted by Crippen LogP contribution is 2.34. The molecule has 0 aliphatic heterocycles. The van der Waals surface area contributed by atoms with Gasteiger partial charge in [0.05, 0.1) is 0 Å². The Morgan fingerprint density at radius 3 is 2.19 bits per heavy atom. The number of carbonyl (C=O) groups excluding carboxylic acids is 1. The van der Waals surface area contributed by atoms with Crippen molar-refractivity contribution in [3.63, 3.8) is 0 Å². The number of ether oxygens (including phenoxy) is 2. The van der Waals surface area contributed by atoms with Gasteiger partial charge < -0.3 is 9.47 Å². The standard InChI is InChI=1S/C16H22O.C6H14O2.C2H4/c1-2-15-8-3-4-9-16(15)11-13-6-5-7-14(10-13)12-17;1-4-7-6(3)8-5-2;1-2/h5-7,10,12,15-16H,2-4,8-9,11H2,1H3;6H,4-5H2,1-3H3;1-2H2. The summed E-state index contributed by atoms with van der Waals surface area (Å²) in [5.41, 5.74) is 2.14. The third kappa shape index (κ3) is 11.1. The Labute approximate surface area is 167 Å². The number of aldehydes is 1. The Bertz CT molecular complexity index is 480. The summed E-state index contributed by atoms with van der Waals surface area (Å²) in [6.45, 7) is 15.6. The van der Waals surface area contributed by atoms with E-state index in [1.165, 1.54) is 37.7 Å². The lowest BCUT2D eigenvalue weighted by atomic mass is 9.75. The fourth-order valence-corrected chi connectivity index (χ4v) is 3.70. The van der Waals surface area contributed by atoms with E-state index in [1.807, 2.05) is 39.0 Å². The van der Waals surface area contributed by atoms with E-state index in [0.29, 0.717) is 0 Å². The molecule has 1 fully saturated rings. The van der Waals surface area contributed by atoms with Gasteiger partial charge in [0.1, 0.15) is 6.29 Å². The Hall–Kier alpha value is -1.45. The van der Waals surface area contributed by atoms with Crippen molar-refractivity contribution >= 4 is 6.29 Å². The second-order valence-corrected chi connectivity index (χ2v) is 6.76. The molecular formula is C24H40O3. The Morgan fingerprint density at radius 2 is 1.67 bits per heavy atom. The van der Waals surface area contributed by atoms with Crippen LogP contribution >= 0.6 is 0 Å². The number of carbonyl (C=O) groups is 1. The van der Waals surface area contributed by atoms with E-state index in [1.54, 1.807) is 0 Å². The molecule has 1 aromatic rings. The SMILES string of the molecule is C=C.CCC1CCCCC1Cc1cccc(C=O)c1.CCOC(C)OCC. The van der Waals surface area contributed by atoms with Gasteiger partial charge in [0.2, 0.25) is 0 Å². The molecule has 2 atom stereocenters. The molecule has 1 saturated carbocycles. The first-order valence-electron chi connectivity index (χ1n) is 10.4. The third-order valence-electron chi connectivity index (χ3n) is 4.98. The van der Waals surface area contributed by atoms with Crippen molar-refractivity contribution in [2.75, 3.05) is 13.2 Å². The average molecular weight is 377 g/mol. The molecule has 0 radical (unpaired) electrons. The first kappa shape index (κ1) is 25.6. The molecule has 1 aromatic carbocycles. The van der Waals surface area contributed by atoms with Gasteiger partial charge in [0, 0.05) is 18.8 Å². The molecule has 0 N–H and O–H groups in total. The van der Waals surface area contributed by atoms with E-state index in [0.717, 1.165) is 43.3 Å². The monoisotopic (exact) mass is 376 g/mol. The van der Waals surface area contributed by atoms with Crippen LogP contribution in [0.15, 0.2) is 37.4 Å². The summed E-state index contributed by atoms with van der Waals surface area (Å²) in [7, 11) is 0. The summed E-state index contributed by atoms with van der Waals surface area (Å²) in [5.74, 6) is 1.72. The summed E-state index contributed by atoms with van der Waals surface area (Å²) in [4.78, 5) is 10.8. The highest BCUT2D eigenvalue weighted by atomic mass is 16.7. The second-order valence-electron chi connectivity index (χ2n) is 6.76. The van der Waals surface area contributed by atoms with Gasteiger partial charge in [-0.3, -0.25) is 4.79 Å². The molecule has 0 spiro atoms. The summed E-state index contributed by atoms with van der Waals surface area (Å²) in [6, 6.07) is 8.10. The largest absolute Gasteiger partial charge is 0.353 e. The minimum Gasteiger partial charge on any atom is -0.353 e. The van der Waals surface area contributed by atoms with Crippen LogP contribution in [0.2, 0.25) is 0 Å². The summed E-state index contributed by atoms with van der Waals surface area (Å²) in [6.07, 6.45) is 8.92. The van der Waals surface area contributed by atoms with E-state index < -0.39 is 0 Å².